The standard InChI is InChI=1S/C8H5BrCl2O2.C8H6BrClO2.C8H7BrO2.C8H6Cl2O2.CH4/c1-3(12)6-7(11)4(9)2-5(10)8(6)13;1-4(11)6-2-5(9)3-7(10)8(6)12;1-5(10)7-4-6(9)2-3-8(7)11;1-4(11)7-5(9)2-3-6(10)8(7)12;/h2,13H,1H3;2-3,12H,1H3;2-4,11H,1H3;2-3,12H,1H3;1H4. The molecule has 0 bridgehead atoms. The summed E-state index contributed by atoms with van der Waals surface area (Å²) >= 11 is 37.8. The Morgan fingerprint density at radius 2 is 0.959 bits per heavy atom. The maximum atomic E-state index is 11.1. The van der Waals surface area contributed by atoms with Gasteiger partial charge in [0.2, 0.25) is 0 Å². The first kappa shape index (κ1) is 46.6. The van der Waals surface area contributed by atoms with Crippen LogP contribution in [-0.4, -0.2) is 43.6 Å². The van der Waals surface area contributed by atoms with Crippen LogP contribution >= 0.6 is 106 Å². The first-order chi connectivity index (χ1) is 22.1. The Kier molecular flexibility index (Phi) is 20.1. The van der Waals surface area contributed by atoms with Crippen molar-refractivity contribution in [1.29, 1.82) is 0 Å². The van der Waals surface area contributed by atoms with Gasteiger partial charge in [-0.15, -0.1) is 0 Å². The lowest BCUT2D eigenvalue weighted by atomic mass is 10.1. The zero-order chi connectivity index (χ0) is 37.2. The van der Waals surface area contributed by atoms with Crippen molar-refractivity contribution in [3.8, 4) is 23.0 Å². The van der Waals surface area contributed by atoms with Gasteiger partial charge in [0.05, 0.1) is 47.4 Å². The molecule has 0 aliphatic heterocycles. The molecule has 0 heterocycles. The van der Waals surface area contributed by atoms with Gasteiger partial charge < -0.3 is 20.4 Å². The molecule has 0 atom stereocenters. The molecule has 0 radical (unpaired) electrons. The molecule has 0 saturated heterocycles. The van der Waals surface area contributed by atoms with E-state index in [2.05, 4.69) is 47.8 Å². The molecule has 8 nitrogen and oxygen atoms in total. The number of ketones is 4. The van der Waals surface area contributed by atoms with Crippen molar-refractivity contribution < 1.29 is 39.6 Å². The van der Waals surface area contributed by atoms with Gasteiger partial charge in [0, 0.05) is 13.4 Å². The molecule has 0 unspecified atom stereocenters. The summed E-state index contributed by atoms with van der Waals surface area (Å²) in [6.45, 7) is 5.42. The Labute approximate surface area is 333 Å². The molecule has 0 saturated carbocycles. The van der Waals surface area contributed by atoms with Crippen molar-refractivity contribution in [2.75, 3.05) is 0 Å². The predicted octanol–water partition coefficient (Wildman–Crippen LogP) is 12.6. The fourth-order valence-corrected chi connectivity index (χ4v) is 6.06. The maximum absolute atomic E-state index is 11.1. The molecule has 4 aromatic rings. The zero-order valence-corrected chi connectivity index (χ0v) is 33.6. The van der Waals surface area contributed by atoms with Crippen molar-refractivity contribution in [2.24, 2.45) is 0 Å². The first-order valence-corrected chi connectivity index (χ1v) is 17.1. The number of carbonyl (C=O) groups excluding carboxylic acids is 4. The van der Waals surface area contributed by atoms with Crippen molar-refractivity contribution in [1.82, 2.24) is 0 Å². The number of phenols is 4. The second kappa shape index (κ2) is 21.1. The highest BCUT2D eigenvalue weighted by atomic mass is 79.9. The number of benzene rings is 4. The molecule has 16 heteroatoms. The van der Waals surface area contributed by atoms with Crippen LogP contribution in [0.4, 0.5) is 0 Å². The lowest BCUT2D eigenvalue weighted by molar-refractivity contribution is 0.100. The van der Waals surface area contributed by atoms with Crippen LogP contribution in [0.15, 0.2) is 61.9 Å². The maximum Gasteiger partial charge on any atom is 0.165 e. The van der Waals surface area contributed by atoms with E-state index in [4.69, 9.17) is 63.1 Å². The smallest absolute Gasteiger partial charge is 0.165 e. The highest BCUT2D eigenvalue weighted by molar-refractivity contribution is 9.11. The number of hydrogen-bond acceptors (Lipinski definition) is 8. The molecule has 0 aliphatic rings. The van der Waals surface area contributed by atoms with Crippen LogP contribution in [-0.2, 0) is 0 Å². The summed E-state index contributed by atoms with van der Waals surface area (Å²) < 4.78 is 1.96. The van der Waals surface area contributed by atoms with Crippen molar-refractivity contribution in [2.45, 2.75) is 35.1 Å². The van der Waals surface area contributed by atoms with E-state index in [9.17, 15) is 34.5 Å². The van der Waals surface area contributed by atoms with Crippen molar-refractivity contribution in [3.63, 3.8) is 0 Å². The van der Waals surface area contributed by atoms with E-state index in [0.29, 0.717) is 14.5 Å². The Hall–Kier alpha value is -2.35. The summed E-state index contributed by atoms with van der Waals surface area (Å²) in [5.74, 6) is -1.64. The van der Waals surface area contributed by atoms with Crippen LogP contribution in [0.3, 0.4) is 0 Å². The summed E-state index contributed by atoms with van der Waals surface area (Å²) in [5, 5.41) is 38.0. The molecule has 4 N–H and O–H groups in total. The van der Waals surface area contributed by atoms with Gasteiger partial charge in [-0.2, -0.15) is 0 Å². The van der Waals surface area contributed by atoms with E-state index in [0.717, 1.165) is 4.47 Å². The number of halogens is 8. The van der Waals surface area contributed by atoms with Crippen LogP contribution < -0.4 is 0 Å². The minimum Gasteiger partial charge on any atom is -0.507 e. The summed E-state index contributed by atoms with van der Waals surface area (Å²) in [7, 11) is 0. The Balaban J connectivity index is 0.000000624. The molecular formula is C33H28Br3Cl5O8. The van der Waals surface area contributed by atoms with Crippen molar-refractivity contribution >= 4 is 129 Å². The van der Waals surface area contributed by atoms with Gasteiger partial charge >= 0.3 is 0 Å². The molecule has 264 valence electrons. The topological polar surface area (TPSA) is 149 Å². The molecule has 49 heavy (non-hydrogen) atoms. The Morgan fingerprint density at radius 3 is 1.41 bits per heavy atom. The number of hydrogen-bond donors (Lipinski definition) is 4. The monoisotopic (exact) mass is 964 g/mol. The molecule has 4 rings (SSSR count). The van der Waals surface area contributed by atoms with Crippen LogP contribution in [0, 0.1) is 0 Å². The second-order valence-electron chi connectivity index (χ2n) is 9.30. The molecule has 0 aromatic heterocycles. The highest BCUT2D eigenvalue weighted by Crippen LogP contribution is 2.38. The van der Waals surface area contributed by atoms with Gasteiger partial charge in [0.15, 0.2) is 23.1 Å². The Bertz CT molecular complexity index is 1860. The van der Waals surface area contributed by atoms with Gasteiger partial charge in [-0.25, -0.2) is 0 Å². The van der Waals surface area contributed by atoms with Crippen LogP contribution in [0.25, 0.3) is 0 Å². The molecular weight excluding hydrogens is 941 g/mol. The quantitative estimate of drug-likeness (QED) is 0.117. The number of Topliss-reactive ketones (excluding diaryl/α,β-unsaturated/α-hetero) is 4. The minimum absolute atomic E-state index is 0. The third-order valence-corrected chi connectivity index (χ3v) is 9.07. The molecule has 0 aliphatic carbocycles. The van der Waals surface area contributed by atoms with E-state index in [1.807, 2.05) is 0 Å². The van der Waals surface area contributed by atoms with E-state index in [1.165, 1.54) is 64.1 Å². The fourth-order valence-electron chi connectivity index (χ4n) is 3.41. The number of phenolic OH excluding ortho intramolecular Hbond substituents is 4. The lowest BCUT2D eigenvalue weighted by Crippen LogP contribution is -1.95. The van der Waals surface area contributed by atoms with E-state index in [-0.39, 0.29) is 95.4 Å². The van der Waals surface area contributed by atoms with E-state index < -0.39 is 0 Å². The largest absolute Gasteiger partial charge is 0.507 e. The highest BCUT2D eigenvalue weighted by Gasteiger charge is 2.18. The third kappa shape index (κ3) is 13.7. The minimum atomic E-state index is -0.328. The van der Waals surface area contributed by atoms with Crippen molar-refractivity contribution in [3.05, 3.63) is 109 Å². The fraction of sp³-hybridized carbons (Fsp3) is 0.152. The summed E-state index contributed by atoms with van der Waals surface area (Å²) in [6.07, 6.45) is 0. The number of carbonyl (C=O) groups is 4. The second-order valence-corrected chi connectivity index (χ2v) is 14.0. The first-order valence-electron chi connectivity index (χ1n) is 12.9. The van der Waals surface area contributed by atoms with Gasteiger partial charge in [-0.1, -0.05) is 97.3 Å². The normalized spacial score (nSPS) is 9.71. The Morgan fingerprint density at radius 1 is 0.510 bits per heavy atom. The van der Waals surface area contributed by atoms with Gasteiger partial charge in [-0.05, 0) is 92.2 Å². The summed E-state index contributed by atoms with van der Waals surface area (Å²) in [5.41, 5.74) is 0.693. The zero-order valence-electron chi connectivity index (χ0n) is 25.1. The SMILES string of the molecule is C.CC(=O)c1c(Cl)ccc(Cl)c1O.CC(=O)c1c(O)c(Cl)cc(Br)c1Cl.CC(=O)c1cc(Br)cc(Cl)c1O.CC(=O)c1cc(Br)ccc1O. The lowest BCUT2D eigenvalue weighted by Gasteiger charge is -2.06. The average molecular weight is 970 g/mol. The van der Waals surface area contributed by atoms with Gasteiger partial charge in [0.1, 0.15) is 23.0 Å². The van der Waals surface area contributed by atoms with Gasteiger partial charge in [-0.3, -0.25) is 19.2 Å². The van der Waals surface area contributed by atoms with Crippen LogP contribution in [0.1, 0.15) is 76.6 Å². The number of aromatic hydroxyl groups is 4. The summed E-state index contributed by atoms with van der Waals surface area (Å²) in [6, 6.07) is 12.2. The third-order valence-electron chi connectivity index (χ3n) is 5.67. The average Bonchev–Trinajstić information content (AvgIpc) is 2.98. The molecule has 4 aromatic carbocycles. The molecule has 0 fully saturated rings. The predicted molar refractivity (Wildman–Crippen MR) is 207 cm³/mol. The van der Waals surface area contributed by atoms with Crippen LogP contribution in [0.5, 0.6) is 23.0 Å². The number of rotatable bonds is 4. The molecule has 0 amide bonds. The van der Waals surface area contributed by atoms with E-state index >= 15 is 0 Å². The van der Waals surface area contributed by atoms with Crippen LogP contribution in [0.2, 0.25) is 25.1 Å². The summed E-state index contributed by atoms with van der Waals surface area (Å²) in [4.78, 5) is 43.8. The van der Waals surface area contributed by atoms with Gasteiger partial charge in [0.25, 0.3) is 0 Å². The molecule has 0 spiro atoms. The van der Waals surface area contributed by atoms with E-state index in [1.54, 1.807) is 12.1 Å².